The topological polar surface area (TPSA) is 68.0 Å². The van der Waals surface area contributed by atoms with Gasteiger partial charge in [0.15, 0.2) is 0 Å². The Bertz CT molecular complexity index is 939. The lowest BCUT2D eigenvalue weighted by atomic mass is 10.0. The predicted octanol–water partition coefficient (Wildman–Crippen LogP) is 5.66. The molecule has 5 nitrogen and oxygen atoms in total. The third kappa shape index (κ3) is 5.20. The average Bonchev–Trinajstić information content (AvgIpc) is 3.11. The Hall–Kier alpha value is -2.12. The van der Waals surface area contributed by atoms with Crippen LogP contribution in [0.2, 0.25) is 0 Å². The van der Waals surface area contributed by atoms with Crippen molar-refractivity contribution in [1.82, 2.24) is 10.2 Å². The minimum atomic E-state index is -0.112. The van der Waals surface area contributed by atoms with Crippen LogP contribution in [0.15, 0.2) is 56.6 Å². The van der Waals surface area contributed by atoms with E-state index in [0.717, 1.165) is 21.3 Å². The van der Waals surface area contributed by atoms with Crippen LogP contribution in [0.4, 0.5) is 5.69 Å². The lowest BCUT2D eigenvalue weighted by Gasteiger charge is -2.14. The molecule has 1 N–H and O–H groups in total. The molecule has 0 spiro atoms. The van der Waals surface area contributed by atoms with Crippen molar-refractivity contribution in [2.24, 2.45) is 0 Å². The smallest absolute Gasteiger partial charge is 0.277 e. The quantitative estimate of drug-likeness (QED) is 0.495. The van der Waals surface area contributed by atoms with E-state index in [4.69, 9.17) is 4.42 Å². The van der Waals surface area contributed by atoms with E-state index in [1.54, 1.807) is 0 Å². The minimum absolute atomic E-state index is 0.112. The first kappa shape index (κ1) is 19.6. The fraction of sp³-hybridized carbons (Fsp3) is 0.250. The largest absolute Gasteiger partial charge is 0.411 e. The molecule has 0 unspecified atom stereocenters. The van der Waals surface area contributed by atoms with Gasteiger partial charge in [0.2, 0.25) is 11.8 Å². The Morgan fingerprint density at radius 2 is 1.93 bits per heavy atom. The summed E-state index contributed by atoms with van der Waals surface area (Å²) in [5, 5.41) is 11.4. The first-order valence-electron chi connectivity index (χ1n) is 8.55. The molecule has 0 saturated heterocycles. The number of amides is 1. The van der Waals surface area contributed by atoms with Crippen molar-refractivity contribution in [3.63, 3.8) is 0 Å². The van der Waals surface area contributed by atoms with Crippen molar-refractivity contribution in [3.8, 4) is 11.5 Å². The van der Waals surface area contributed by atoms with Crippen LogP contribution in [-0.4, -0.2) is 21.9 Å². The molecule has 27 heavy (non-hydrogen) atoms. The number of nitrogens with one attached hydrogen (secondary N) is 1. The fourth-order valence-corrected chi connectivity index (χ4v) is 3.46. The number of anilines is 1. The molecule has 0 fully saturated rings. The first-order chi connectivity index (χ1) is 12.9. The van der Waals surface area contributed by atoms with E-state index in [2.05, 4.69) is 45.3 Å². The Kier molecular flexibility index (Phi) is 6.34. The lowest BCUT2D eigenvalue weighted by molar-refractivity contribution is -0.113. The number of nitrogens with zero attached hydrogens (tertiary/aromatic N) is 2. The molecular formula is C20H20BrN3O2S. The van der Waals surface area contributed by atoms with Gasteiger partial charge in [-0.25, -0.2) is 0 Å². The Morgan fingerprint density at radius 1 is 1.19 bits per heavy atom. The van der Waals surface area contributed by atoms with Crippen LogP contribution in [-0.2, 0) is 4.79 Å². The summed E-state index contributed by atoms with van der Waals surface area (Å²) >= 11 is 4.70. The predicted molar refractivity (Wildman–Crippen MR) is 112 cm³/mol. The van der Waals surface area contributed by atoms with Gasteiger partial charge in [0, 0.05) is 15.7 Å². The van der Waals surface area contributed by atoms with E-state index in [0.29, 0.717) is 17.0 Å². The molecule has 0 atom stereocenters. The number of benzene rings is 2. The minimum Gasteiger partial charge on any atom is -0.411 e. The first-order valence-corrected chi connectivity index (χ1v) is 10.3. The van der Waals surface area contributed by atoms with Crippen LogP contribution in [0, 0.1) is 6.92 Å². The maximum absolute atomic E-state index is 12.3. The van der Waals surface area contributed by atoms with Gasteiger partial charge in [-0.1, -0.05) is 59.2 Å². The summed E-state index contributed by atoms with van der Waals surface area (Å²) in [6.07, 6.45) is 0. The molecule has 7 heteroatoms. The molecule has 0 aliphatic heterocycles. The molecule has 2 aromatic carbocycles. The Balaban J connectivity index is 1.61. The SMILES string of the molecule is Cc1ccc(-c2nnc(SCC(=O)Nc3ccc(Br)cc3C(C)C)o2)cc1. The number of thioether (sulfide) groups is 1. The van der Waals surface area contributed by atoms with Gasteiger partial charge in [0.25, 0.3) is 5.22 Å². The second-order valence-electron chi connectivity index (χ2n) is 6.46. The number of carbonyl (C=O) groups is 1. The van der Waals surface area contributed by atoms with Crippen LogP contribution >= 0.6 is 27.7 Å². The standard InChI is InChI=1S/C20H20BrN3O2S/c1-12(2)16-10-15(21)8-9-17(16)22-18(25)11-27-20-24-23-19(26-20)14-6-4-13(3)5-7-14/h4-10,12H,11H2,1-3H3,(H,22,25). The number of carbonyl (C=O) groups excluding carboxylic acids is 1. The number of aromatic nitrogens is 2. The Labute approximate surface area is 171 Å². The van der Waals surface area contributed by atoms with Crippen molar-refractivity contribution in [2.75, 3.05) is 11.1 Å². The highest BCUT2D eigenvalue weighted by Gasteiger charge is 2.13. The fourth-order valence-electron chi connectivity index (χ4n) is 2.52. The number of halogens is 1. The highest BCUT2D eigenvalue weighted by atomic mass is 79.9. The van der Waals surface area contributed by atoms with Gasteiger partial charge < -0.3 is 9.73 Å². The summed E-state index contributed by atoms with van der Waals surface area (Å²) in [5.74, 6) is 0.842. The number of hydrogen-bond acceptors (Lipinski definition) is 5. The zero-order valence-corrected chi connectivity index (χ0v) is 17.7. The lowest BCUT2D eigenvalue weighted by Crippen LogP contribution is -2.15. The van der Waals surface area contributed by atoms with Crippen molar-refractivity contribution >= 4 is 39.3 Å². The number of hydrogen-bond donors (Lipinski definition) is 1. The van der Waals surface area contributed by atoms with Gasteiger partial charge >= 0.3 is 0 Å². The molecule has 3 rings (SSSR count). The van der Waals surface area contributed by atoms with Crippen LogP contribution < -0.4 is 5.32 Å². The third-order valence-corrected chi connectivity index (χ3v) is 5.25. The van der Waals surface area contributed by atoms with Crippen LogP contribution in [0.3, 0.4) is 0 Å². The summed E-state index contributed by atoms with van der Waals surface area (Å²) in [5.41, 5.74) is 3.94. The third-order valence-electron chi connectivity index (χ3n) is 3.94. The molecule has 0 radical (unpaired) electrons. The maximum Gasteiger partial charge on any atom is 0.277 e. The maximum atomic E-state index is 12.3. The van der Waals surface area contributed by atoms with Crippen molar-refractivity contribution in [2.45, 2.75) is 31.9 Å². The zero-order chi connectivity index (χ0) is 19.4. The van der Waals surface area contributed by atoms with Crippen molar-refractivity contribution in [1.29, 1.82) is 0 Å². The summed E-state index contributed by atoms with van der Waals surface area (Å²) in [6.45, 7) is 6.21. The summed E-state index contributed by atoms with van der Waals surface area (Å²) in [7, 11) is 0. The van der Waals surface area contributed by atoms with E-state index in [-0.39, 0.29) is 11.7 Å². The molecule has 3 aromatic rings. The zero-order valence-electron chi connectivity index (χ0n) is 15.3. The molecule has 0 saturated carbocycles. The molecule has 1 heterocycles. The van der Waals surface area contributed by atoms with E-state index < -0.39 is 0 Å². The molecule has 0 aliphatic carbocycles. The van der Waals surface area contributed by atoms with Gasteiger partial charge in [-0.3, -0.25) is 4.79 Å². The van der Waals surface area contributed by atoms with Crippen LogP contribution in [0.1, 0.15) is 30.9 Å². The van der Waals surface area contributed by atoms with Gasteiger partial charge in [0.05, 0.1) is 5.75 Å². The molecular weight excluding hydrogens is 426 g/mol. The second-order valence-corrected chi connectivity index (χ2v) is 8.30. The molecule has 1 aromatic heterocycles. The van der Waals surface area contributed by atoms with E-state index in [1.807, 2.05) is 49.4 Å². The monoisotopic (exact) mass is 445 g/mol. The second kappa shape index (κ2) is 8.71. The average molecular weight is 446 g/mol. The summed E-state index contributed by atoms with van der Waals surface area (Å²) < 4.78 is 6.64. The molecule has 0 bridgehead atoms. The summed E-state index contributed by atoms with van der Waals surface area (Å²) in [6, 6.07) is 13.7. The highest BCUT2D eigenvalue weighted by Crippen LogP contribution is 2.28. The highest BCUT2D eigenvalue weighted by molar-refractivity contribution is 9.10. The molecule has 1 amide bonds. The van der Waals surface area contributed by atoms with Gasteiger partial charge in [-0.15, -0.1) is 10.2 Å². The van der Waals surface area contributed by atoms with Gasteiger partial charge in [-0.2, -0.15) is 0 Å². The summed E-state index contributed by atoms with van der Waals surface area (Å²) in [4.78, 5) is 12.3. The van der Waals surface area contributed by atoms with Crippen LogP contribution in [0.25, 0.3) is 11.5 Å². The molecule has 0 aliphatic rings. The van der Waals surface area contributed by atoms with Crippen LogP contribution in [0.5, 0.6) is 0 Å². The molecule has 140 valence electrons. The normalized spacial score (nSPS) is 11.0. The number of rotatable bonds is 6. The van der Waals surface area contributed by atoms with Gasteiger partial charge in [0.1, 0.15) is 0 Å². The van der Waals surface area contributed by atoms with E-state index in [1.165, 1.54) is 17.3 Å². The Morgan fingerprint density at radius 3 is 2.63 bits per heavy atom. The van der Waals surface area contributed by atoms with E-state index >= 15 is 0 Å². The number of aryl methyl sites for hydroxylation is 1. The van der Waals surface area contributed by atoms with Crippen molar-refractivity contribution in [3.05, 3.63) is 58.1 Å². The van der Waals surface area contributed by atoms with Crippen molar-refractivity contribution < 1.29 is 9.21 Å². The van der Waals surface area contributed by atoms with Gasteiger partial charge in [-0.05, 0) is 48.7 Å². The van der Waals surface area contributed by atoms with E-state index in [9.17, 15) is 4.79 Å².